The molecular weight excluding hydrogens is 364 g/mol. The van der Waals surface area contributed by atoms with Gasteiger partial charge in [0.2, 0.25) is 0 Å². The van der Waals surface area contributed by atoms with E-state index in [1.165, 1.54) is 11.0 Å². The van der Waals surface area contributed by atoms with Gasteiger partial charge < -0.3 is 0 Å². The van der Waals surface area contributed by atoms with Crippen LogP contribution in [0.1, 0.15) is 40.5 Å². The molecule has 0 saturated heterocycles. The molecule has 6 nitrogen and oxygen atoms in total. The van der Waals surface area contributed by atoms with Gasteiger partial charge in [0.15, 0.2) is 0 Å². The van der Waals surface area contributed by atoms with Gasteiger partial charge >= 0.3 is 0 Å². The Labute approximate surface area is 140 Å². The van der Waals surface area contributed by atoms with Crippen LogP contribution in [0.15, 0.2) is 28.7 Å². The average molecular weight is 377 g/mol. The first-order valence-corrected chi connectivity index (χ1v) is 8.02. The van der Waals surface area contributed by atoms with E-state index >= 15 is 0 Å². The fraction of sp³-hybridized carbons (Fsp3) is 0.250. The molecule has 1 heterocycles. The molecule has 0 spiro atoms. The number of nitrogens with zero attached hydrogens (tertiary/aromatic N) is 2. The molecule has 0 aromatic heterocycles. The van der Waals surface area contributed by atoms with Crippen LogP contribution in [0.5, 0.6) is 0 Å². The van der Waals surface area contributed by atoms with E-state index < -0.39 is 10.8 Å². The molecule has 3 rings (SSSR count). The molecule has 0 fully saturated rings. The van der Waals surface area contributed by atoms with Crippen molar-refractivity contribution in [2.24, 2.45) is 0 Å². The van der Waals surface area contributed by atoms with E-state index in [0.29, 0.717) is 29.3 Å². The second-order valence-electron chi connectivity index (χ2n) is 5.36. The molecule has 1 aliphatic heterocycles. The third-order valence-electron chi connectivity index (χ3n) is 3.96. The second-order valence-corrected chi connectivity index (χ2v) is 6.15. The minimum absolute atomic E-state index is 0.178. The van der Waals surface area contributed by atoms with Crippen LogP contribution in [-0.2, 0) is 0 Å². The summed E-state index contributed by atoms with van der Waals surface area (Å²) in [6.07, 6.45) is 1.54. The number of carbonyl (C=O) groups is 2. The Morgan fingerprint density at radius 1 is 1.22 bits per heavy atom. The van der Waals surface area contributed by atoms with Gasteiger partial charge in [-0.3, -0.25) is 24.6 Å². The highest BCUT2D eigenvalue weighted by atomic mass is 79.9. The van der Waals surface area contributed by atoms with Crippen molar-refractivity contribution in [1.82, 2.24) is 4.90 Å². The van der Waals surface area contributed by atoms with Gasteiger partial charge in [-0.25, -0.2) is 0 Å². The van der Waals surface area contributed by atoms with Gasteiger partial charge in [-0.05, 0) is 28.4 Å². The van der Waals surface area contributed by atoms with Gasteiger partial charge in [-0.15, -0.1) is 0 Å². The number of amides is 2. The summed E-state index contributed by atoms with van der Waals surface area (Å²) in [5, 5.41) is 12.2. The number of hydrogen-bond acceptors (Lipinski definition) is 4. The monoisotopic (exact) mass is 376 g/mol. The number of nitro benzene ring substituents is 1. The first-order valence-electron chi connectivity index (χ1n) is 7.23. The van der Waals surface area contributed by atoms with Crippen LogP contribution in [0.3, 0.4) is 0 Å². The topological polar surface area (TPSA) is 80.5 Å². The highest BCUT2D eigenvalue weighted by Crippen LogP contribution is 2.39. The fourth-order valence-corrected chi connectivity index (χ4v) is 3.41. The maximum absolute atomic E-state index is 12.7. The van der Waals surface area contributed by atoms with Crippen LogP contribution >= 0.6 is 15.9 Å². The minimum atomic E-state index is -0.535. The molecule has 7 heteroatoms. The predicted octanol–water partition coefficient (Wildman–Crippen LogP) is 3.91. The van der Waals surface area contributed by atoms with E-state index in [9.17, 15) is 19.7 Å². The highest BCUT2D eigenvalue weighted by Gasteiger charge is 2.35. The summed E-state index contributed by atoms with van der Waals surface area (Å²) in [5.41, 5.74) is 0.438. The zero-order valence-electron chi connectivity index (χ0n) is 12.3. The van der Waals surface area contributed by atoms with E-state index in [1.807, 2.05) is 6.92 Å². The van der Waals surface area contributed by atoms with Crippen LogP contribution in [0.2, 0.25) is 0 Å². The largest absolute Gasteiger partial charge is 0.284 e. The summed E-state index contributed by atoms with van der Waals surface area (Å²) < 4.78 is 0.283. The molecule has 0 atom stereocenters. The number of carbonyl (C=O) groups excluding carboxylic acids is 2. The third-order valence-corrected chi connectivity index (χ3v) is 4.79. The average Bonchev–Trinajstić information content (AvgIpc) is 2.53. The number of unbranched alkanes of at least 4 members (excludes halogenated alkanes) is 1. The van der Waals surface area contributed by atoms with E-state index in [-0.39, 0.29) is 21.6 Å². The number of nitro groups is 1. The SMILES string of the molecule is CCCCN1C(=O)c2cccc3c(Br)c([N+](=O)[O-])cc(c23)C1=O. The van der Waals surface area contributed by atoms with Crippen molar-refractivity contribution in [2.75, 3.05) is 6.54 Å². The molecule has 0 radical (unpaired) electrons. The van der Waals surface area contributed by atoms with Crippen LogP contribution in [-0.4, -0.2) is 28.2 Å². The summed E-state index contributed by atoms with van der Waals surface area (Å²) >= 11 is 3.22. The lowest BCUT2D eigenvalue weighted by Crippen LogP contribution is -2.40. The Morgan fingerprint density at radius 3 is 2.57 bits per heavy atom. The number of imide groups is 1. The van der Waals surface area contributed by atoms with Crippen LogP contribution in [0.25, 0.3) is 10.8 Å². The van der Waals surface area contributed by atoms with Gasteiger partial charge in [0, 0.05) is 28.9 Å². The molecule has 0 unspecified atom stereocenters. The quantitative estimate of drug-likeness (QED) is 0.460. The van der Waals surface area contributed by atoms with Gasteiger partial charge in [0.1, 0.15) is 4.47 Å². The number of hydrogen-bond donors (Lipinski definition) is 0. The Kier molecular flexibility index (Phi) is 3.89. The Hall–Kier alpha value is -2.28. The summed E-state index contributed by atoms with van der Waals surface area (Å²) in [4.78, 5) is 37.2. The van der Waals surface area contributed by atoms with E-state index in [0.717, 1.165) is 6.42 Å². The van der Waals surface area contributed by atoms with E-state index in [1.54, 1.807) is 18.2 Å². The standard InChI is InChI=1S/C16H13BrN2O4/c1-2-3-7-18-15(20)10-6-4-5-9-13(10)11(16(18)21)8-12(14(9)17)19(22)23/h4-6,8H,2-3,7H2,1H3. The van der Waals surface area contributed by atoms with Gasteiger partial charge in [0.05, 0.1) is 10.5 Å². The number of rotatable bonds is 4. The maximum atomic E-state index is 12.7. The summed E-state index contributed by atoms with van der Waals surface area (Å²) in [5.74, 6) is -0.815. The first-order chi connectivity index (χ1) is 11.0. The van der Waals surface area contributed by atoms with E-state index in [4.69, 9.17) is 0 Å². The lowest BCUT2D eigenvalue weighted by Gasteiger charge is -2.27. The first kappa shape index (κ1) is 15.6. The molecule has 1 aliphatic rings. The van der Waals surface area contributed by atoms with Crippen molar-refractivity contribution in [3.05, 3.63) is 50.0 Å². The third kappa shape index (κ3) is 2.31. The maximum Gasteiger partial charge on any atom is 0.284 e. The Morgan fingerprint density at radius 2 is 1.91 bits per heavy atom. The second kappa shape index (κ2) is 5.73. The van der Waals surface area contributed by atoms with Gasteiger partial charge in [0.25, 0.3) is 17.5 Å². The normalized spacial score (nSPS) is 13.7. The van der Waals surface area contributed by atoms with Crippen molar-refractivity contribution in [3.8, 4) is 0 Å². The number of benzene rings is 2. The molecule has 0 aliphatic carbocycles. The summed E-state index contributed by atoms with van der Waals surface area (Å²) in [6.45, 7) is 2.28. The van der Waals surface area contributed by atoms with Crippen LogP contribution in [0, 0.1) is 10.1 Å². The molecule has 0 bridgehead atoms. The molecule has 2 aromatic rings. The van der Waals surface area contributed by atoms with Crippen molar-refractivity contribution >= 4 is 44.2 Å². The van der Waals surface area contributed by atoms with Gasteiger partial charge in [-0.2, -0.15) is 0 Å². The predicted molar refractivity (Wildman–Crippen MR) is 88.6 cm³/mol. The fourth-order valence-electron chi connectivity index (χ4n) is 2.82. The Bertz CT molecular complexity index is 863. The summed E-state index contributed by atoms with van der Waals surface area (Å²) in [7, 11) is 0. The smallest absolute Gasteiger partial charge is 0.274 e. The molecule has 23 heavy (non-hydrogen) atoms. The van der Waals surface area contributed by atoms with Crippen molar-refractivity contribution in [3.63, 3.8) is 0 Å². The lowest BCUT2D eigenvalue weighted by molar-refractivity contribution is -0.385. The van der Waals surface area contributed by atoms with Crippen LogP contribution in [0.4, 0.5) is 5.69 Å². The molecule has 2 aromatic carbocycles. The molecule has 2 amide bonds. The minimum Gasteiger partial charge on any atom is -0.274 e. The molecular formula is C16H13BrN2O4. The van der Waals surface area contributed by atoms with E-state index in [2.05, 4.69) is 15.9 Å². The van der Waals surface area contributed by atoms with Crippen molar-refractivity contribution < 1.29 is 14.5 Å². The van der Waals surface area contributed by atoms with Gasteiger partial charge in [-0.1, -0.05) is 25.5 Å². The number of halogens is 1. The Balaban J connectivity index is 2.31. The van der Waals surface area contributed by atoms with Crippen LogP contribution < -0.4 is 0 Å². The van der Waals surface area contributed by atoms with Crippen molar-refractivity contribution in [1.29, 1.82) is 0 Å². The van der Waals surface area contributed by atoms with Crippen molar-refractivity contribution in [2.45, 2.75) is 19.8 Å². The lowest BCUT2D eigenvalue weighted by atomic mass is 9.93. The molecule has 118 valence electrons. The summed E-state index contributed by atoms with van der Waals surface area (Å²) in [6, 6.07) is 6.24. The molecule has 0 N–H and O–H groups in total. The highest BCUT2D eigenvalue weighted by molar-refractivity contribution is 9.10. The zero-order valence-corrected chi connectivity index (χ0v) is 13.9. The molecule has 0 saturated carbocycles. The zero-order chi connectivity index (χ0) is 16.7.